The molecule has 3 N–H and O–H groups in total. The third kappa shape index (κ3) is 6.60. The van der Waals surface area contributed by atoms with E-state index in [-0.39, 0.29) is 35.1 Å². The monoisotopic (exact) mass is 571 g/mol. The summed E-state index contributed by atoms with van der Waals surface area (Å²) in [5, 5.41) is 27.0. The van der Waals surface area contributed by atoms with Crippen LogP contribution in [0.3, 0.4) is 0 Å². The molecule has 1 aromatic heterocycles. The molecule has 9 nitrogen and oxygen atoms in total. The van der Waals surface area contributed by atoms with Crippen molar-refractivity contribution in [3.8, 4) is 0 Å². The number of amides is 2. The molecule has 0 unspecified atom stereocenters. The van der Waals surface area contributed by atoms with Gasteiger partial charge in [-0.05, 0) is 54.3 Å². The van der Waals surface area contributed by atoms with Crippen LogP contribution >= 0.6 is 23.1 Å². The van der Waals surface area contributed by atoms with E-state index in [0.29, 0.717) is 35.7 Å². The number of carbonyl (C=O) groups excluding carboxylic acids is 3. The fraction of sp³-hybridized carbons (Fsp3) is 0.429. The van der Waals surface area contributed by atoms with Gasteiger partial charge in [0.15, 0.2) is 0 Å². The molecule has 0 spiro atoms. The molecule has 0 saturated carbocycles. The standard InChI is InChI=1S/C28H33N3O6S2/c1-16(33)9-23-17(2)26(25(28(36)37)31(23)18(3)34)39-22-11-24(30(13-22)12-20-7-8-38-15-20)27(35)29-21-6-4-5-19(10-21)14-32/h4-8,10,14-17,22-24,33H,9,11-13H2,1-3H3,(H,29,35)(H,36,37)/t16-,17-,22+,23+,24+/m1/s1. The Balaban J connectivity index is 1.59. The molecule has 11 heteroatoms. The summed E-state index contributed by atoms with van der Waals surface area (Å²) < 4.78 is 0. The van der Waals surface area contributed by atoms with E-state index in [2.05, 4.69) is 10.2 Å². The fourth-order valence-corrected chi connectivity index (χ4v) is 7.66. The highest BCUT2D eigenvalue weighted by atomic mass is 32.2. The summed E-state index contributed by atoms with van der Waals surface area (Å²) in [6.07, 6.45) is 0.781. The minimum absolute atomic E-state index is 0.0337. The molecule has 208 valence electrons. The molecule has 0 aliphatic carbocycles. The molecular weight excluding hydrogens is 538 g/mol. The smallest absolute Gasteiger partial charge is 0.353 e. The van der Waals surface area contributed by atoms with Gasteiger partial charge in [0.05, 0.1) is 12.1 Å². The van der Waals surface area contributed by atoms with E-state index in [1.807, 2.05) is 23.8 Å². The van der Waals surface area contributed by atoms with Crippen LogP contribution in [0.25, 0.3) is 0 Å². The summed E-state index contributed by atoms with van der Waals surface area (Å²) in [5.74, 6) is -2.02. The fourth-order valence-electron chi connectivity index (χ4n) is 5.43. The SMILES string of the molecule is CC(=O)N1C(C(=O)O)=C(S[C@H]2C[C@@H](C(=O)Nc3cccc(C=O)c3)N(Cc3ccsc3)C2)[C@H](C)[C@@H]1C[C@@H](C)O. The van der Waals surface area contributed by atoms with Gasteiger partial charge in [-0.3, -0.25) is 19.3 Å². The predicted molar refractivity (Wildman–Crippen MR) is 151 cm³/mol. The average Bonchev–Trinajstić information content (AvgIpc) is 3.59. The first-order valence-corrected chi connectivity index (χ1v) is 14.6. The normalized spacial score (nSPS) is 24.2. The van der Waals surface area contributed by atoms with Crippen molar-refractivity contribution < 1.29 is 29.4 Å². The Morgan fingerprint density at radius 2 is 2.05 bits per heavy atom. The number of hydrogen-bond acceptors (Lipinski definition) is 8. The number of anilines is 1. The molecule has 0 bridgehead atoms. The Morgan fingerprint density at radius 3 is 2.67 bits per heavy atom. The largest absolute Gasteiger partial charge is 0.477 e. The van der Waals surface area contributed by atoms with Crippen LogP contribution in [-0.2, 0) is 20.9 Å². The number of carbonyl (C=O) groups is 4. The number of nitrogens with zero attached hydrogens (tertiary/aromatic N) is 2. The van der Waals surface area contributed by atoms with Gasteiger partial charge in [-0.15, -0.1) is 11.8 Å². The minimum Gasteiger partial charge on any atom is -0.477 e. The molecule has 4 rings (SSSR count). The van der Waals surface area contributed by atoms with Crippen LogP contribution in [0.4, 0.5) is 5.69 Å². The number of nitrogens with one attached hydrogen (secondary N) is 1. The van der Waals surface area contributed by atoms with E-state index in [0.717, 1.165) is 11.8 Å². The molecule has 2 aliphatic heterocycles. The summed E-state index contributed by atoms with van der Waals surface area (Å²) in [5.41, 5.74) is 2.06. The van der Waals surface area contributed by atoms with Crippen LogP contribution in [-0.4, -0.2) is 74.1 Å². The number of thiophene rings is 1. The van der Waals surface area contributed by atoms with Crippen molar-refractivity contribution in [1.29, 1.82) is 0 Å². The van der Waals surface area contributed by atoms with Gasteiger partial charge in [0.1, 0.15) is 12.0 Å². The van der Waals surface area contributed by atoms with E-state index in [1.54, 1.807) is 42.5 Å². The van der Waals surface area contributed by atoms with Crippen LogP contribution in [0.1, 0.15) is 49.5 Å². The lowest BCUT2D eigenvalue weighted by molar-refractivity contribution is -0.140. The van der Waals surface area contributed by atoms with Gasteiger partial charge in [0.2, 0.25) is 11.8 Å². The maximum Gasteiger partial charge on any atom is 0.353 e. The zero-order valence-electron chi connectivity index (χ0n) is 22.1. The first-order valence-electron chi connectivity index (χ1n) is 12.8. The summed E-state index contributed by atoms with van der Waals surface area (Å²) in [6, 6.07) is 7.83. The first kappa shape index (κ1) is 29.0. The highest BCUT2D eigenvalue weighted by molar-refractivity contribution is 8.03. The number of carboxylic acids is 1. The summed E-state index contributed by atoms with van der Waals surface area (Å²) in [7, 11) is 0. The summed E-state index contributed by atoms with van der Waals surface area (Å²) in [4.78, 5) is 53.5. The van der Waals surface area contributed by atoms with Crippen LogP contribution in [0.2, 0.25) is 0 Å². The molecule has 1 aromatic carbocycles. The lowest BCUT2D eigenvalue weighted by Crippen LogP contribution is -2.40. The maximum atomic E-state index is 13.5. The van der Waals surface area contributed by atoms with E-state index >= 15 is 0 Å². The topological polar surface area (TPSA) is 127 Å². The van der Waals surface area contributed by atoms with Crippen molar-refractivity contribution in [2.45, 2.75) is 63.6 Å². The lowest BCUT2D eigenvalue weighted by Gasteiger charge is -2.28. The van der Waals surface area contributed by atoms with Gasteiger partial charge >= 0.3 is 5.97 Å². The average molecular weight is 572 g/mol. The van der Waals surface area contributed by atoms with Crippen molar-refractivity contribution >= 4 is 52.9 Å². The molecule has 1 saturated heterocycles. The number of thioether (sulfide) groups is 1. The maximum absolute atomic E-state index is 13.5. The van der Waals surface area contributed by atoms with Crippen molar-refractivity contribution in [3.05, 3.63) is 62.8 Å². The lowest BCUT2D eigenvalue weighted by atomic mass is 9.98. The Hall–Kier alpha value is -2.99. The van der Waals surface area contributed by atoms with Crippen LogP contribution in [0, 0.1) is 5.92 Å². The second-order valence-corrected chi connectivity index (χ2v) is 12.3. The molecular formula is C28H33N3O6S2. The van der Waals surface area contributed by atoms with Gasteiger partial charge < -0.3 is 20.4 Å². The third-order valence-electron chi connectivity index (χ3n) is 7.14. The molecule has 0 radical (unpaired) electrons. The molecule has 2 amide bonds. The number of aliphatic carboxylic acids is 1. The molecule has 39 heavy (non-hydrogen) atoms. The zero-order chi connectivity index (χ0) is 28.3. The Kier molecular flexibility index (Phi) is 9.27. The van der Waals surface area contributed by atoms with E-state index in [9.17, 15) is 29.4 Å². The van der Waals surface area contributed by atoms with Crippen molar-refractivity contribution in [2.75, 3.05) is 11.9 Å². The molecule has 3 heterocycles. The second-order valence-electron chi connectivity index (χ2n) is 10.1. The Morgan fingerprint density at radius 1 is 1.28 bits per heavy atom. The van der Waals surface area contributed by atoms with Crippen LogP contribution < -0.4 is 5.32 Å². The van der Waals surface area contributed by atoms with Crippen molar-refractivity contribution in [3.63, 3.8) is 0 Å². The molecule has 2 aromatic rings. The third-order valence-corrected chi connectivity index (χ3v) is 9.36. The summed E-state index contributed by atoms with van der Waals surface area (Å²) >= 11 is 3.00. The quantitative estimate of drug-likeness (QED) is 0.368. The van der Waals surface area contributed by atoms with E-state index in [4.69, 9.17) is 0 Å². The van der Waals surface area contributed by atoms with Gasteiger partial charge in [0, 0.05) is 53.4 Å². The summed E-state index contributed by atoms with van der Waals surface area (Å²) in [6.45, 7) is 5.98. The number of rotatable bonds is 10. The molecule has 1 fully saturated rings. The minimum atomic E-state index is -1.18. The van der Waals surface area contributed by atoms with Crippen LogP contribution in [0.15, 0.2) is 51.7 Å². The Bertz CT molecular complexity index is 1260. The highest BCUT2D eigenvalue weighted by Crippen LogP contribution is 2.46. The van der Waals surface area contributed by atoms with E-state index in [1.165, 1.54) is 23.6 Å². The number of aldehydes is 1. The van der Waals surface area contributed by atoms with Gasteiger partial charge in [-0.2, -0.15) is 11.3 Å². The van der Waals surface area contributed by atoms with E-state index < -0.39 is 24.2 Å². The molecule has 5 atom stereocenters. The van der Waals surface area contributed by atoms with Crippen molar-refractivity contribution in [2.24, 2.45) is 5.92 Å². The zero-order valence-corrected chi connectivity index (χ0v) is 23.7. The highest BCUT2D eigenvalue weighted by Gasteiger charge is 2.46. The second kappa shape index (κ2) is 12.5. The molecule has 2 aliphatic rings. The van der Waals surface area contributed by atoms with Gasteiger partial charge in [-0.25, -0.2) is 4.79 Å². The van der Waals surface area contributed by atoms with Crippen molar-refractivity contribution in [1.82, 2.24) is 9.80 Å². The first-order chi connectivity index (χ1) is 18.6. The Labute approximate surface area is 235 Å². The predicted octanol–water partition coefficient (Wildman–Crippen LogP) is 3.81. The number of carboxylic acid groups (broad SMARTS) is 1. The number of aliphatic hydroxyl groups is 1. The van der Waals surface area contributed by atoms with Gasteiger partial charge in [0.25, 0.3) is 0 Å². The van der Waals surface area contributed by atoms with Crippen LogP contribution in [0.5, 0.6) is 0 Å². The number of benzene rings is 1. The van der Waals surface area contributed by atoms with Gasteiger partial charge in [-0.1, -0.05) is 19.1 Å². The number of likely N-dealkylation sites (tertiary alicyclic amines) is 1. The number of hydrogen-bond donors (Lipinski definition) is 3. The number of aliphatic hydroxyl groups excluding tert-OH is 1.